The Kier molecular flexibility index (Phi) is 4.98. The molecule has 0 radical (unpaired) electrons. The van der Waals surface area contributed by atoms with Crippen molar-refractivity contribution in [2.45, 2.75) is 53.5 Å². The first-order valence-electron chi connectivity index (χ1n) is 5.46. The van der Waals surface area contributed by atoms with Crippen LogP contribution in [0.5, 0.6) is 0 Å². The molecule has 0 rings (SSSR count). The molecule has 13 heavy (non-hydrogen) atoms. The van der Waals surface area contributed by atoms with Crippen LogP contribution in [0, 0.1) is 11.8 Å². The number of nitrogens with zero attached hydrogens (tertiary/aromatic N) is 1. The Labute approximate surface area is 84.5 Å². The molecule has 0 amide bonds. The Morgan fingerprint density at radius 3 is 1.85 bits per heavy atom. The minimum Gasteiger partial charge on any atom is -0.302 e. The molecule has 1 atom stereocenters. The van der Waals surface area contributed by atoms with E-state index in [0.29, 0.717) is 5.54 Å². The maximum Gasteiger partial charge on any atom is 0.0122 e. The molecule has 0 aromatic carbocycles. The second kappa shape index (κ2) is 4.99. The zero-order valence-electron chi connectivity index (χ0n) is 10.5. The highest BCUT2D eigenvalue weighted by atomic mass is 15.1. The molecule has 0 fully saturated rings. The normalized spacial score (nSPS) is 15.5. The van der Waals surface area contributed by atoms with Crippen molar-refractivity contribution in [1.29, 1.82) is 0 Å². The molecular formula is C12H27N. The van der Waals surface area contributed by atoms with Crippen LogP contribution in [0.2, 0.25) is 0 Å². The summed E-state index contributed by atoms with van der Waals surface area (Å²) in [5, 5.41) is 0. The monoisotopic (exact) mass is 185 g/mol. The van der Waals surface area contributed by atoms with Gasteiger partial charge in [0.15, 0.2) is 0 Å². The Morgan fingerprint density at radius 1 is 1.08 bits per heavy atom. The minimum atomic E-state index is 0.316. The van der Waals surface area contributed by atoms with Gasteiger partial charge in [-0.3, -0.25) is 0 Å². The molecule has 0 aromatic rings. The third-order valence-corrected chi connectivity index (χ3v) is 3.20. The van der Waals surface area contributed by atoms with Crippen LogP contribution in [0.1, 0.15) is 48.0 Å². The third-order valence-electron chi connectivity index (χ3n) is 3.20. The number of hydrogen-bond acceptors (Lipinski definition) is 1. The fraction of sp³-hybridized carbons (Fsp3) is 1.00. The van der Waals surface area contributed by atoms with Crippen molar-refractivity contribution in [2.24, 2.45) is 11.8 Å². The summed E-state index contributed by atoms with van der Waals surface area (Å²) in [6.45, 7) is 15.0. The van der Waals surface area contributed by atoms with E-state index in [9.17, 15) is 0 Å². The lowest BCUT2D eigenvalue weighted by Crippen LogP contribution is -2.39. The van der Waals surface area contributed by atoms with Gasteiger partial charge in [-0.25, -0.2) is 0 Å². The van der Waals surface area contributed by atoms with Crippen LogP contribution < -0.4 is 0 Å². The van der Waals surface area contributed by atoms with E-state index >= 15 is 0 Å². The molecule has 0 bridgehead atoms. The van der Waals surface area contributed by atoms with E-state index in [1.807, 2.05) is 0 Å². The first kappa shape index (κ1) is 13.0. The van der Waals surface area contributed by atoms with Crippen LogP contribution >= 0.6 is 0 Å². The quantitative estimate of drug-likeness (QED) is 0.649. The average Bonchev–Trinajstić information content (AvgIpc) is 1.97. The van der Waals surface area contributed by atoms with Gasteiger partial charge in [-0.2, -0.15) is 0 Å². The molecule has 0 N–H and O–H groups in total. The summed E-state index contributed by atoms with van der Waals surface area (Å²) in [6.07, 6.45) is 1.31. The lowest BCUT2D eigenvalue weighted by molar-refractivity contribution is 0.160. The maximum absolute atomic E-state index is 2.44. The van der Waals surface area contributed by atoms with Crippen LogP contribution in [0.15, 0.2) is 0 Å². The van der Waals surface area contributed by atoms with E-state index in [1.165, 1.54) is 13.0 Å². The standard InChI is InChI=1S/C12H27N/c1-10(2)11(3)8-9-13(7)12(4,5)6/h10-11H,8-9H2,1-7H3. The van der Waals surface area contributed by atoms with Gasteiger partial charge in [0.1, 0.15) is 0 Å². The van der Waals surface area contributed by atoms with Gasteiger partial charge in [-0.15, -0.1) is 0 Å². The predicted octanol–water partition coefficient (Wildman–Crippen LogP) is 3.40. The highest BCUT2D eigenvalue weighted by Gasteiger charge is 2.17. The molecule has 0 spiro atoms. The second-order valence-electron chi connectivity index (χ2n) is 5.60. The van der Waals surface area contributed by atoms with Crippen molar-refractivity contribution < 1.29 is 0 Å². The minimum absolute atomic E-state index is 0.316. The summed E-state index contributed by atoms with van der Waals surface area (Å²) >= 11 is 0. The lowest BCUT2D eigenvalue weighted by atomic mass is 9.94. The van der Waals surface area contributed by atoms with Gasteiger partial charge >= 0.3 is 0 Å². The second-order valence-corrected chi connectivity index (χ2v) is 5.60. The van der Waals surface area contributed by atoms with Gasteiger partial charge in [0, 0.05) is 5.54 Å². The molecule has 0 heterocycles. The zero-order valence-corrected chi connectivity index (χ0v) is 10.5. The van der Waals surface area contributed by atoms with E-state index in [2.05, 4.69) is 53.5 Å². The maximum atomic E-state index is 2.44. The van der Waals surface area contributed by atoms with E-state index in [-0.39, 0.29) is 0 Å². The van der Waals surface area contributed by atoms with E-state index in [4.69, 9.17) is 0 Å². The molecule has 1 heteroatoms. The SMILES string of the molecule is CC(C)C(C)CCN(C)C(C)(C)C. The first-order valence-corrected chi connectivity index (χ1v) is 5.46. The summed E-state index contributed by atoms with van der Waals surface area (Å²) in [5.74, 6) is 1.65. The molecule has 1 nitrogen and oxygen atoms in total. The van der Waals surface area contributed by atoms with Gasteiger partial charge in [0.2, 0.25) is 0 Å². The molecule has 0 aliphatic rings. The van der Waals surface area contributed by atoms with Gasteiger partial charge in [-0.1, -0.05) is 20.8 Å². The lowest BCUT2D eigenvalue weighted by Gasteiger charge is -2.33. The Hall–Kier alpha value is -0.0400. The van der Waals surface area contributed by atoms with Crippen LogP contribution in [0.4, 0.5) is 0 Å². The largest absolute Gasteiger partial charge is 0.302 e. The Morgan fingerprint density at radius 2 is 1.54 bits per heavy atom. The zero-order chi connectivity index (χ0) is 10.6. The van der Waals surface area contributed by atoms with Gasteiger partial charge in [0.05, 0.1) is 0 Å². The number of rotatable bonds is 4. The fourth-order valence-electron chi connectivity index (χ4n) is 1.07. The topological polar surface area (TPSA) is 3.24 Å². The summed E-state index contributed by atoms with van der Waals surface area (Å²) in [7, 11) is 2.22. The first-order chi connectivity index (χ1) is 5.75. The van der Waals surface area contributed by atoms with Crippen LogP contribution in [0.3, 0.4) is 0 Å². The van der Waals surface area contributed by atoms with Crippen molar-refractivity contribution in [2.75, 3.05) is 13.6 Å². The van der Waals surface area contributed by atoms with E-state index < -0.39 is 0 Å². The molecule has 1 unspecified atom stereocenters. The van der Waals surface area contributed by atoms with Crippen molar-refractivity contribution in [1.82, 2.24) is 4.90 Å². The average molecular weight is 185 g/mol. The summed E-state index contributed by atoms with van der Waals surface area (Å²) in [4.78, 5) is 2.44. The molecule has 0 aliphatic carbocycles. The third kappa shape index (κ3) is 5.30. The fourth-order valence-corrected chi connectivity index (χ4v) is 1.07. The van der Waals surface area contributed by atoms with Gasteiger partial charge in [-0.05, 0) is 52.6 Å². The Bertz CT molecular complexity index is 133. The molecule has 0 aliphatic heterocycles. The molecular weight excluding hydrogens is 158 g/mol. The number of hydrogen-bond donors (Lipinski definition) is 0. The summed E-state index contributed by atoms with van der Waals surface area (Å²) in [5.41, 5.74) is 0.316. The van der Waals surface area contributed by atoms with Crippen molar-refractivity contribution in [3.63, 3.8) is 0 Å². The molecule has 0 aromatic heterocycles. The summed E-state index contributed by atoms with van der Waals surface area (Å²) in [6, 6.07) is 0. The summed E-state index contributed by atoms with van der Waals surface area (Å²) < 4.78 is 0. The van der Waals surface area contributed by atoms with Crippen LogP contribution in [-0.2, 0) is 0 Å². The van der Waals surface area contributed by atoms with Crippen LogP contribution in [0.25, 0.3) is 0 Å². The molecule has 0 saturated heterocycles. The molecule has 80 valence electrons. The van der Waals surface area contributed by atoms with E-state index in [1.54, 1.807) is 0 Å². The predicted molar refractivity (Wildman–Crippen MR) is 61.0 cm³/mol. The van der Waals surface area contributed by atoms with Gasteiger partial charge < -0.3 is 4.90 Å². The van der Waals surface area contributed by atoms with Crippen molar-refractivity contribution in [3.05, 3.63) is 0 Å². The van der Waals surface area contributed by atoms with E-state index in [0.717, 1.165) is 11.8 Å². The van der Waals surface area contributed by atoms with Crippen molar-refractivity contribution >= 4 is 0 Å². The van der Waals surface area contributed by atoms with Gasteiger partial charge in [0.25, 0.3) is 0 Å². The highest BCUT2D eigenvalue weighted by molar-refractivity contribution is 4.73. The Balaban J connectivity index is 3.77. The highest BCUT2D eigenvalue weighted by Crippen LogP contribution is 2.17. The van der Waals surface area contributed by atoms with Crippen LogP contribution in [-0.4, -0.2) is 24.0 Å². The van der Waals surface area contributed by atoms with Crippen molar-refractivity contribution in [3.8, 4) is 0 Å². The smallest absolute Gasteiger partial charge is 0.0122 e. The molecule has 0 saturated carbocycles.